The first-order valence-electron chi connectivity index (χ1n) is 8.86. The molecule has 2 aromatic rings. The van der Waals surface area contributed by atoms with E-state index in [1.807, 2.05) is 0 Å². The van der Waals surface area contributed by atoms with Gasteiger partial charge < -0.3 is 9.84 Å². The van der Waals surface area contributed by atoms with E-state index in [9.17, 15) is 5.11 Å². The summed E-state index contributed by atoms with van der Waals surface area (Å²) in [4.78, 5) is 0. The van der Waals surface area contributed by atoms with Crippen LogP contribution in [0.4, 0.5) is 0 Å². The fourth-order valence-electron chi connectivity index (χ4n) is 3.71. The maximum Gasteiger partial charge on any atom is 0.0933 e. The Bertz CT molecular complexity index is 746. The zero-order valence-electron chi connectivity index (χ0n) is 15.1. The van der Waals surface area contributed by atoms with E-state index in [4.69, 9.17) is 4.74 Å². The minimum absolute atomic E-state index is 0.267. The number of hydrogen-bond donors (Lipinski definition) is 1. The van der Waals surface area contributed by atoms with Crippen LogP contribution in [-0.2, 0) is 10.3 Å². The molecule has 0 radical (unpaired) electrons. The summed E-state index contributed by atoms with van der Waals surface area (Å²) in [5, 5.41) is 12.6. The van der Waals surface area contributed by atoms with Gasteiger partial charge in [0, 0.05) is 0 Å². The van der Waals surface area contributed by atoms with Gasteiger partial charge >= 0.3 is 0 Å². The van der Waals surface area contributed by atoms with Crippen LogP contribution in [0.1, 0.15) is 57.6 Å². The van der Waals surface area contributed by atoms with Gasteiger partial charge in [-0.2, -0.15) is 0 Å². The molecule has 0 unspecified atom stereocenters. The first kappa shape index (κ1) is 17.2. The summed E-state index contributed by atoms with van der Waals surface area (Å²) in [6.45, 7) is 10.1. The van der Waals surface area contributed by atoms with Crippen molar-refractivity contribution < 1.29 is 9.84 Å². The summed E-state index contributed by atoms with van der Waals surface area (Å²) < 4.78 is 6.32. The molecule has 3 rings (SSSR count). The third-order valence-electron chi connectivity index (χ3n) is 4.98. The number of allylic oxidation sites excluding steroid dienone is 1. The number of hydrogen-bond acceptors (Lipinski definition) is 2. The van der Waals surface area contributed by atoms with E-state index >= 15 is 0 Å². The standard InChI is InChI=1S/C22H28O2/c1-16(2)19-9-7-8-17-10-11-18(14-20(17)19)22(12-5-6-13-22)24-15-21(3,4)23/h7-11,14,23H,1,5-6,12-13,15H2,2-4H3. The zero-order chi connectivity index (χ0) is 17.4. The number of rotatable bonds is 5. The summed E-state index contributed by atoms with van der Waals surface area (Å²) in [6, 6.07) is 13.0. The Balaban J connectivity index is 2.05. The van der Waals surface area contributed by atoms with Gasteiger partial charge in [0.25, 0.3) is 0 Å². The highest BCUT2D eigenvalue weighted by molar-refractivity contribution is 5.93. The van der Waals surface area contributed by atoms with Gasteiger partial charge in [-0.3, -0.25) is 0 Å². The molecule has 128 valence electrons. The zero-order valence-corrected chi connectivity index (χ0v) is 15.1. The number of ether oxygens (including phenoxy) is 1. The summed E-state index contributed by atoms with van der Waals surface area (Å²) in [5.74, 6) is 0. The fourth-order valence-corrected chi connectivity index (χ4v) is 3.71. The lowest BCUT2D eigenvalue weighted by molar-refractivity contribution is -0.109. The minimum Gasteiger partial charge on any atom is -0.388 e. The summed E-state index contributed by atoms with van der Waals surface area (Å²) in [6.07, 6.45) is 4.38. The Hall–Kier alpha value is -1.64. The minimum atomic E-state index is -0.810. The highest BCUT2D eigenvalue weighted by atomic mass is 16.5. The number of benzene rings is 2. The molecule has 1 saturated carbocycles. The van der Waals surface area contributed by atoms with Crippen molar-refractivity contribution in [2.75, 3.05) is 6.61 Å². The van der Waals surface area contributed by atoms with E-state index in [-0.39, 0.29) is 5.60 Å². The van der Waals surface area contributed by atoms with Gasteiger partial charge in [-0.05, 0) is 61.6 Å². The van der Waals surface area contributed by atoms with Crippen molar-refractivity contribution in [2.45, 2.75) is 57.7 Å². The van der Waals surface area contributed by atoms with Gasteiger partial charge in [0.05, 0.1) is 17.8 Å². The Labute approximate surface area is 145 Å². The second-order valence-electron chi connectivity index (χ2n) is 7.82. The van der Waals surface area contributed by atoms with Gasteiger partial charge in [-0.25, -0.2) is 0 Å². The normalized spacial score (nSPS) is 17.3. The monoisotopic (exact) mass is 324 g/mol. The van der Waals surface area contributed by atoms with Crippen LogP contribution >= 0.6 is 0 Å². The molecule has 2 aromatic carbocycles. The highest BCUT2D eigenvalue weighted by Crippen LogP contribution is 2.43. The highest BCUT2D eigenvalue weighted by Gasteiger charge is 2.38. The molecular formula is C22H28O2. The molecule has 2 heteroatoms. The van der Waals surface area contributed by atoms with Crippen LogP contribution in [-0.4, -0.2) is 17.3 Å². The second kappa shape index (κ2) is 6.34. The molecule has 1 aliphatic carbocycles. The van der Waals surface area contributed by atoms with Crippen LogP contribution in [0, 0.1) is 0 Å². The first-order chi connectivity index (χ1) is 11.3. The summed E-state index contributed by atoms with van der Waals surface area (Å²) in [7, 11) is 0. The molecule has 1 aliphatic rings. The average Bonchev–Trinajstić information content (AvgIpc) is 3.01. The Morgan fingerprint density at radius 2 is 1.92 bits per heavy atom. The molecule has 0 aromatic heterocycles. The Morgan fingerprint density at radius 3 is 2.54 bits per heavy atom. The molecule has 24 heavy (non-hydrogen) atoms. The predicted octanol–water partition coefficient (Wildman–Crippen LogP) is 5.43. The van der Waals surface area contributed by atoms with Gasteiger partial charge in [0.15, 0.2) is 0 Å². The average molecular weight is 324 g/mol. The molecule has 0 heterocycles. The molecule has 1 N–H and O–H groups in total. The van der Waals surface area contributed by atoms with Crippen LogP contribution in [0.15, 0.2) is 43.0 Å². The third-order valence-corrected chi connectivity index (χ3v) is 4.98. The quantitative estimate of drug-likeness (QED) is 0.794. The number of aliphatic hydroxyl groups is 1. The van der Waals surface area contributed by atoms with Gasteiger partial charge in [0.1, 0.15) is 0 Å². The molecule has 0 bridgehead atoms. The van der Waals surface area contributed by atoms with Gasteiger partial charge in [0.2, 0.25) is 0 Å². The van der Waals surface area contributed by atoms with Crippen LogP contribution in [0.3, 0.4) is 0 Å². The van der Waals surface area contributed by atoms with Crippen molar-refractivity contribution in [1.29, 1.82) is 0 Å². The van der Waals surface area contributed by atoms with Crippen molar-refractivity contribution in [3.63, 3.8) is 0 Å². The van der Waals surface area contributed by atoms with Crippen molar-refractivity contribution in [3.05, 3.63) is 54.1 Å². The van der Waals surface area contributed by atoms with E-state index in [0.717, 1.165) is 18.4 Å². The van der Waals surface area contributed by atoms with Crippen molar-refractivity contribution in [1.82, 2.24) is 0 Å². The Morgan fingerprint density at radius 1 is 1.21 bits per heavy atom. The molecule has 0 aliphatic heterocycles. The molecule has 1 fully saturated rings. The fraction of sp³-hybridized carbons (Fsp3) is 0.455. The van der Waals surface area contributed by atoms with Crippen molar-refractivity contribution >= 4 is 16.3 Å². The van der Waals surface area contributed by atoms with Crippen LogP contribution < -0.4 is 0 Å². The third kappa shape index (κ3) is 3.40. The molecule has 0 amide bonds. The smallest absolute Gasteiger partial charge is 0.0933 e. The second-order valence-corrected chi connectivity index (χ2v) is 7.82. The van der Waals surface area contributed by atoms with Crippen LogP contribution in [0.25, 0.3) is 16.3 Å². The predicted molar refractivity (Wildman–Crippen MR) is 101 cm³/mol. The van der Waals surface area contributed by atoms with E-state index in [2.05, 4.69) is 49.9 Å². The molecule has 0 saturated heterocycles. The summed E-state index contributed by atoms with van der Waals surface area (Å²) >= 11 is 0. The number of fused-ring (bicyclic) bond motifs is 1. The molecular weight excluding hydrogens is 296 g/mol. The lowest BCUT2D eigenvalue weighted by Gasteiger charge is -2.33. The molecule has 0 spiro atoms. The molecule has 0 atom stereocenters. The van der Waals surface area contributed by atoms with Crippen molar-refractivity contribution in [2.24, 2.45) is 0 Å². The SMILES string of the molecule is C=C(C)c1cccc2ccc(C3(OCC(C)(C)O)CCCC3)cc12. The van der Waals surface area contributed by atoms with E-state index in [0.29, 0.717) is 6.61 Å². The summed E-state index contributed by atoms with van der Waals surface area (Å²) in [5.41, 5.74) is 2.43. The maximum atomic E-state index is 10.1. The lowest BCUT2D eigenvalue weighted by atomic mass is 9.88. The first-order valence-corrected chi connectivity index (χ1v) is 8.86. The van der Waals surface area contributed by atoms with E-state index in [1.54, 1.807) is 13.8 Å². The van der Waals surface area contributed by atoms with Crippen molar-refractivity contribution in [3.8, 4) is 0 Å². The van der Waals surface area contributed by atoms with Gasteiger partial charge in [-0.1, -0.05) is 55.3 Å². The topological polar surface area (TPSA) is 29.5 Å². The largest absolute Gasteiger partial charge is 0.388 e. The lowest BCUT2D eigenvalue weighted by Crippen LogP contribution is -2.34. The van der Waals surface area contributed by atoms with E-state index < -0.39 is 5.60 Å². The maximum absolute atomic E-state index is 10.1. The Kier molecular flexibility index (Phi) is 4.54. The molecule has 2 nitrogen and oxygen atoms in total. The van der Waals surface area contributed by atoms with E-state index in [1.165, 1.54) is 34.7 Å². The van der Waals surface area contributed by atoms with Crippen LogP contribution in [0.2, 0.25) is 0 Å². The van der Waals surface area contributed by atoms with Gasteiger partial charge in [-0.15, -0.1) is 0 Å². The van der Waals surface area contributed by atoms with Crippen LogP contribution in [0.5, 0.6) is 0 Å².